The molecule has 3 aliphatic heterocycles. The Morgan fingerprint density at radius 3 is 2.55 bits per heavy atom. The monoisotopic (exact) mass is 778 g/mol. The number of Topliss-reactive ketones (excluding diaryl/α,β-unsaturated/α-hetero) is 1. The Bertz CT molecular complexity index is 2130. The average Bonchev–Trinajstić information content (AvgIpc) is 3.75. The molecular weight excluding hydrogens is 727 g/mol. The maximum atomic E-state index is 13.6. The summed E-state index contributed by atoms with van der Waals surface area (Å²) in [6, 6.07) is 25.8. The number of nitrogens with zero attached hydrogens (tertiary/aromatic N) is 1. The van der Waals surface area contributed by atoms with Crippen LogP contribution in [0.4, 0.5) is 0 Å². The lowest BCUT2D eigenvalue weighted by Gasteiger charge is -2.51. The number of thiophene rings is 1. The van der Waals surface area contributed by atoms with E-state index in [2.05, 4.69) is 27.8 Å². The first-order chi connectivity index (χ1) is 27.3. The van der Waals surface area contributed by atoms with Crippen LogP contribution >= 0.6 is 11.3 Å². The Labute approximate surface area is 331 Å². The summed E-state index contributed by atoms with van der Waals surface area (Å²) in [4.78, 5) is 41.1. The third-order valence-corrected chi connectivity index (χ3v) is 12.3. The second-order valence-electron chi connectivity index (χ2n) is 15.4. The summed E-state index contributed by atoms with van der Waals surface area (Å²) in [6.07, 6.45) is 5.12. The predicted octanol–water partition coefficient (Wildman–Crippen LogP) is 7.11. The molecule has 3 aromatic carbocycles. The van der Waals surface area contributed by atoms with E-state index in [1.165, 1.54) is 12.1 Å². The molecule has 11 heteroatoms. The van der Waals surface area contributed by atoms with Crippen LogP contribution in [0, 0.1) is 5.92 Å². The zero-order chi connectivity index (χ0) is 38.9. The maximum absolute atomic E-state index is 13.6. The number of ketones is 1. The van der Waals surface area contributed by atoms with E-state index < -0.39 is 6.10 Å². The molecule has 4 N–H and O–H groups in total. The van der Waals surface area contributed by atoms with Crippen molar-refractivity contribution < 1.29 is 33.8 Å². The van der Waals surface area contributed by atoms with Gasteiger partial charge in [-0.1, -0.05) is 61.4 Å². The minimum absolute atomic E-state index is 0.0244. The number of nitrogens with one attached hydrogen (secondary N) is 2. The van der Waals surface area contributed by atoms with Crippen LogP contribution < -0.4 is 15.6 Å². The van der Waals surface area contributed by atoms with Crippen molar-refractivity contribution in [3.63, 3.8) is 0 Å². The standard InChI is InChI=1S/C45H51N3O7S/c49-39-15-13-36(37-14-16-43(52)47-45(37)39)40(50)27-46-20-6-1-2-7-23-54-35-12-8-11-33(25-35)38(34-19-24-56-30-34)26-44(53)55-42-29-48(21-17-32(42)18-22-48)28-41(51)31-9-4-3-5-10-31/h3-5,8-16,19,24-25,30,32,38,40,42,46,50H,1-2,6-7,17-18,20-23,26-29H2,(H-,47,49,52)/p+1/t32?,38?,40-,42-,48?/m0/s1. The number of ether oxygens (including phenoxy) is 2. The highest BCUT2D eigenvalue weighted by molar-refractivity contribution is 7.08. The molecule has 0 spiro atoms. The minimum Gasteiger partial charge on any atom is -0.506 e. The number of quaternary nitrogens is 1. The average molecular weight is 779 g/mol. The second-order valence-corrected chi connectivity index (χ2v) is 16.2. The van der Waals surface area contributed by atoms with Crippen LogP contribution in [0.2, 0.25) is 0 Å². The molecule has 0 radical (unpaired) electrons. The third-order valence-electron chi connectivity index (χ3n) is 11.6. The molecule has 3 aliphatic rings. The Morgan fingerprint density at radius 2 is 1.75 bits per heavy atom. The fraction of sp³-hybridized carbons (Fsp3) is 0.400. The summed E-state index contributed by atoms with van der Waals surface area (Å²) >= 11 is 1.62. The summed E-state index contributed by atoms with van der Waals surface area (Å²) < 4.78 is 13.1. The molecular formula is C45H52N3O7S+. The third kappa shape index (κ3) is 9.76. The van der Waals surface area contributed by atoms with E-state index in [1.807, 2.05) is 53.9 Å². The topological polar surface area (TPSA) is 138 Å². The Morgan fingerprint density at radius 1 is 0.929 bits per heavy atom. The Hall–Kier alpha value is -4.81. The van der Waals surface area contributed by atoms with Gasteiger partial charge in [-0.3, -0.25) is 14.4 Å². The van der Waals surface area contributed by atoms with Gasteiger partial charge in [-0.2, -0.15) is 11.3 Å². The van der Waals surface area contributed by atoms with Gasteiger partial charge < -0.3 is 34.5 Å². The second kappa shape index (κ2) is 18.4. The molecule has 3 saturated heterocycles. The van der Waals surface area contributed by atoms with Crippen molar-refractivity contribution in [3.8, 4) is 11.5 Å². The van der Waals surface area contributed by atoms with Gasteiger partial charge in [0.2, 0.25) is 11.3 Å². The van der Waals surface area contributed by atoms with Crippen molar-refractivity contribution in [1.29, 1.82) is 0 Å². The van der Waals surface area contributed by atoms with Gasteiger partial charge >= 0.3 is 5.97 Å². The zero-order valence-corrected chi connectivity index (χ0v) is 32.6. The Kier molecular flexibility index (Phi) is 13.0. The number of carbonyl (C=O) groups is 2. The summed E-state index contributed by atoms with van der Waals surface area (Å²) in [7, 11) is 0. The number of hydrogen-bond donors (Lipinski definition) is 4. The van der Waals surface area contributed by atoms with Crippen molar-refractivity contribution in [3.05, 3.63) is 128 Å². The molecule has 10 nitrogen and oxygen atoms in total. The lowest BCUT2D eigenvalue weighted by Crippen LogP contribution is -2.65. The van der Waals surface area contributed by atoms with Crippen molar-refractivity contribution in [2.75, 3.05) is 45.9 Å². The van der Waals surface area contributed by atoms with Crippen LogP contribution in [0.15, 0.2) is 100 Å². The maximum Gasteiger partial charge on any atom is 0.307 e. The number of H-pyrrole nitrogens is 1. The summed E-state index contributed by atoms with van der Waals surface area (Å²) in [6.45, 7) is 4.77. The molecule has 5 aromatic rings. The van der Waals surface area contributed by atoms with Gasteiger partial charge in [-0.05, 0) is 77.2 Å². The number of aromatic amines is 1. The van der Waals surface area contributed by atoms with E-state index in [1.54, 1.807) is 23.5 Å². The normalized spacial score (nSPS) is 20.1. The van der Waals surface area contributed by atoms with Crippen LogP contribution in [-0.2, 0) is 9.53 Å². The van der Waals surface area contributed by atoms with Crippen LogP contribution in [0.25, 0.3) is 10.9 Å². The molecule has 0 aliphatic carbocycles. The highest BCUT2D eigenvalue weighted by atomic mass is 32.1. The largest absolute Gasteiger partial charge is 0.506 e. The lowest BCUT2D eigenvalue weighted by molar-refractivity contribution is -0.938. The van der Waals surface area contributed by atoms with Gasteiger partial charge in [0, 0.05) is 48.2 Å². The van der Waals surface area contributed by atoms with Gasteiger partial charge in [0.15, 0.2) is 6.10 Å². The van der Waals surface area contributed by atoms with Crippen molar-refractivity contribution in [2.24, 2.45) is 5.92 Å². The number of unbranched alkanes of at least 4 members (excludes halogenated alkanes) is 3. The van der Waals surface area contributed by atoms with E-state index in [-0.39, 0.29) is 41.5 Å². The van der Waals surface area contributed by atoms with Crippen molar-refractivity contribution in [1.82, 2.24) is 10.3 Å². The number of aromatic hydroxyl groups is 1. The number of carbonyl (C=O) groups excluding carboxylic acids is 2. The van der Waals surface area contributed by atoms with Crippen LogP contribution in [-0.4, -0.2) is 83.4 Å². The number of aliphatic hydroxyl groups excluding tert-OH is 1. The summed E-state index contributed by atoms with van der Waals surface area (Å²) in [5, 5.41) is 29.0. The predicted molar refractivity (Wildman–Crippen MR) is 218 cm³/mol. The number of piperidine rings is 3. The van der Waals surface area contributed by atoms with Crippen molar-refractivity contribution in [2.45, 2.75) is 63.1 Å². The number of aromatic nitrogens is 1. The van der Waals surface area contributed by atoms with Gasteiger partial charge in [0.1, 0.15) is 24.6 Å². The molecule has 2 aromatic heterocycles. The number of hydrogen-bond acceptors (Lipinski definition) is 9. The minimum atomic E-state index is -0.777. The van der Waals surface area contributed by atoms with Gasteiger partial charge in [0.05, 0.1) is 37.7 Å². The van der Waals surface area contributed by atoms with Gasteiger partial charge in [0.25, 0.3) is 0 Å². The number of esters is 1. The number of pyridine rings is 1. The lowest BCUT2D eigenvalue weighted by atomic mass is 9.82. The SMILES string of the molecule is O=C(CC(c1ccsc1)c1cccc(OCCCCCCNC[C@H](O)c2ccc(O)c3[nH]c(=O)ccc23)c1)O[C@H]1C[N+]2(CC(=O)c3ccccc3)CCC1CC2. The molecule has 294 valence electrons. The van der Waals surface area contributed by atoms with Gasteiger partial charge in [-0.25, -0.2) is 0 Å². The molecule has 8 rings (SSSR count). The van der Waals surface area contributed by atoms with Crippen molar-refractivity contribution >= 4 is 34.0 Å². The number of phenols is 1. The number of fused-ring (bicyclic) bond motifs is 4. The van der Waals surface area contributed by atoms with Crippen LogP contribution in [0.1, 0.15) is 84.0 Å². The van der Waals surface area contributed by atoms with E-state index in [9.17, 15) is 24.6 Å². The molecule has 1 unspecified atom stereocenters. The fourth-order valence-corrected chi connectivity index (χ4v) is 9.21. The summed E-state index contributed by atoms with van der Waals surface area (Å²) in [5.74, 6) is 0.908. The first-order valence-corrected chi connectivity index (χ1v) is 20.8. The molecule has 5 heterocycles. The number of aliphatic hydroxyl groups is 1. The highest BCUT2D eigenvalue weighted by Crippen LogP contribution is 2.38. The van der Waals surface area contributed by atoms with Crippen LogP contribution in [0.3, 0.4) is 0 Å². The first-order valence-electron chi connectivity index (χ1n) is 19.9. The molecule has 3 atom stereocenters. The molecule has 0 amide bonds. The highest BCUT2D eigenvalue weighted by Gasteiger charge is 2.48. The fourth-order valence-electron chi connectivity index (χ4n) is 8.50. The van der Waals surface area contributed by atoms with E-state index in [0.29, 0.717) is 53.1 Å². The molecule has 0 saturated carbocycles. The zero-order valence-electron chi connectivity index (χ0n) is 31.7. The van der Waals surface area contributed by atoms with E-state index in [4.69, 9.17) is 9.47 Å². The number of rotatable bonds is 19. The smallest absolute Gasteiger partial charge is 0.307 e. The summed E-state index contributed by atoms with van der Waals surface area (Å²) in [5.41, 5.74) is 3.52. The number of benzene rings is 3. The molecule has 3 fully saturated rings. The van der Waals surface area contributed by atoms with E-state index in [0.717, 1.165) is 80.6 Å². The first kappa shape index (κ1) is 39.4. The van der Waals surface area contributed by atoms with Crippen LogP contribution in [0.5, 0.6) is 11.5 Å². The quantitative estimate of drug-likeness (QED) is 0.0301. The molecule has 2 bridgehead atoms. The van der Waals surface area contributed by atoms with E-state index >= 15 is 0 Å². The molecule has 56 heavy (non-hydrogen) atoms. The van der Waals surface area contributed by atoms with Gasteiger partial charge in [-0.15, -0.1) is 0 Å². The number of phenolic OH excluding ortho intramolecular Hbond substituents is 1. The Balaban J connectivity index is 0.851.